The molecular weight excluding hydrogens is 657 g/mol. The molecule has 0 saturated carbocycles. The first kappa shape index (κ1) is 35.3. The van der Waals surface area contributed by atoms with Crippen molar-refractivity contribution in [1.82, 2.24) is 19.6 Å². The highest BCUT2D eigenvalue weighted by molar-refractivity contribution is 6.33. The van der Waals surface area contributed by atoms with Crippen molar-refractivity contribution in [2.24, 2.45) is 11.3 Å². The molecule has 4 amide bonds. The molecule has 1 atom stereocenters. The van der Waals surface area contributed by atoms with E-state index in [0.29, 0.717) is 45.6 Å². The summed E-state index contributed by atoms with van der Waals surface area (Å²) >= 11 is 6.15. The lowest BCUT2D eigenvalue weighted by Gasteiger charge is -2.46. The second kappa shape index (κ2) is 14.4. The smallest absolute Gasteiger partial charge is 0.397 e. The van der Waals surface area contributed by atoms with Crippen LogP contribution in [0.25, 0.3) is 0 Å². The van der Waals surface area contributed by atoms with Crippen LogP contribution < -0.4 is 11.1 Å². The predicted molar refractivity (Wildman–Crippen MR) is 183 cm³/mol. The highest BCUT2D eigenvalue weighted by Gasteiger charge is 2.41. The maximum absolute atomic E-state index is 14.1. The number of likely N-dealkylation sites (tertiary alicyclic amines) is 3. The number of anilines is 2. The van der Waals surface area contributed by atoms with E-state index < -0.39 is 23.3 Å². The van der Waals surface area contributed by atoms with Crippen LogP contribution in [0, 0.1) is 11.3 Å². The Morgan fingerprint density at radius 1 is 0.980 bits per heavy atom. The van der Waals surface area contributed by atoms with Gasteiger partial charge in [0, 0.05) is 50.9 Å². The van der Waals surface area contributed by atoms with Crippen LogP contribution in [0.1, 0.15) is 61.6 Å². The lowest BCUT2D eigenvalue weighted by atomic mass is 9.71. The highest BCUT2D eigenvalue weighted by Crippen LogP contribution is 2.42. The molecule has 2 aromatic rings. The minimum absolute atomic E-state index is 0.0336. The van der Waals surface area contributed by atoms with Gasteiger partial charge in [-0.15, -0.1) is 0 Å². The Morgan fingerprint density at radius 3 is 2.31 bits per heavy atom. The number of carbonyl (C=O) groups is 3. The Hall–Kier alpha value is -3.51. The molecule has 0 radical (unpaired) electrons. The first-order valence-electron chi connectivity index (χ1n) is 17.4. The van der Waals surface area contributed by atoms with E-state index in [4.69, 9.17) is 17.3 Å². The molecule has 6 rings (SSSR count). The van der Waals surface area contributed by atoms with Crippen molar-refractivity contribution < 1.29 is 27.6 Å². The number of urea groups is 1. The number of alkyl halides is 3. The van der Waals surface area contributed by atoms with Crippen molar-refractivity contribution in [3.05, 3.63) is 58.1 Å². The van der Waals surface area contributed by atoms with Crippen LogP contribution >= 0.6 is 11.6 Å². The fourth-order valence-corrected chi connectivity index (χ4v) is 8.36. The molecule has 3 N–H and O–H groups in total. The molecular formula is C36H46ClF3N6O3. The van der Waals surface area contributed by atoms with E-state index in [1.54, 1.807) is 9.80 Å². The molecule has 1 unspecified atom stereocenters. The van der Waals surface area contributed by atoms with Gasteiger partial charge in [0.25, 0.3) is 0 Å². The summed E-state index contributed by atoms with van der Waals surface area (Å²) in [6.07, 6.45) is 0.941. The Kier molecular flexibility index (Phi) is 10.4. The topological polar surface area (TPSA) is 102 Å². The number of hydrogen-bond acceptors (Lipinski definition) is 5. The minimum Gasteiger partial charge on any atom is -0.397 e. The van der Waals surface area contributed by atoms with Crippen molar-refractivity contribution in [2.45, 2.75) is 70.0 Å². The molecule has 0 aromatic heterocycles. The Labute approximate surface area is 290 Å². The van der Waals surface area contributed by atoms with Crippen molar-refractivity contribution >= 4 is 40.8 Å². The van der Waals surface area contributed by atoms with E-state index in [9.17, 15) is 27.6 Å². The molecule has 0 aliphatic carbocycles. The molecule has 266 valence electrons. The van der Waals surface area contributed by atoms with Gasteiger partial charge in [0.05, 0.1) is 22.2 Å². The highest BCUT2D eigenvalue weighted by atomic mass is 35.5. The van der Waals surface area contributed by atoms with Gasteiger partial charge in [-0.1, -0.05) is 29.8 Å². The SMILES string of the molecule is CN1CCC2(CC1)CCN(C(=O)C(CC(=O)N1CCC(N3CCc4ccccc4NC3=O)CC1)Cc1cc(Cl)c(N)c(C(F)(F)F)c1)CC2. The number of nitrogens with zero attached hydrogens (tertiary/aromatic N) is 4. The monoisotopic (exact) mass is 702 g/mol. The second-order valence-electron chi connectivity index (χ2n) is 14.4. The molecule has 49 heavy (non-hydrogen) atoms. The van der Waals surface area contributed by atoms with Gasteiger partial charge in [0.15, 0.2) is 0 Å². The van der Waals surface area contributed by atoms with E-state index in [2.05, 4.69) is 17.3 Å². The van der Waals surface area contributed by atoms with Gasteiger partial charge in [-0.05, 0) is 106 Å². The Bertz CT molecular complexity index is 1540. The van der Waals surface area contributed by atoms with E-state index in [0.717, 1.165) is 62.5 Å². The molecule has 3 fully saturated rings. The van der Waals surface area contributed by atoms with Crippen molar-refractivity contribution in [3.63, 3.8) is 0 Å². The molecule has 4 aliphatic heterocycles. The van der Waals surface area contributed by atoms with Gasteiger partial charge >= 0.3 is 12.2 Å². The van der Waals surface area contributed by atoms with Crippen molar-refractivity contribution in [2.75, 3.05) is 63.9 Å². The number of para-hydroxylation sites is 1. The summed E-state index contributed by atoms with van der Waals surface area (Å²) in [6.45, 7) is 4.61. The van der Waals surface area contributed by atoms with Crippen LogP contribution in [0.15, 0.2) is 36.4 Å². The number of amides is 4. The zero-order chi connectivity index (χ0) is 34.9. The summed E-state index contributed by atoms with van der Waals surface area (Å²) in [5, 5.41) is 2.78. The number of nitrogens with one attached hydrogen (secondary N) is 1. The standard InChI is InChI=1S/C36H46ClF3N6O3/c1-43-16-9-35(10-17-43)11-18-45(19-12-35)33(48)26(20-24-21-28(36(38,39)40)32(41)29(37)22-24)23-31(47)44-13-7-27(8-14-44)46-15-6-25-4-2-3-5-30(25)42-34(46)49/h2-5,21-22,26-27H,6-20,23,41H2,1H3,(H,42,49). The van der Waals surface area contributed by atoms with Gasteiger partial charge in [0.2, 0.25) is 11.8 Å². The zero-order valence-corrected chi connectivity index (χ0v) is 28.8. The van der Waals surface area contributed by atoms with Crippen molar-refractivity contribution in [1.29, 1.82) is 0 Å². The third-order valence-electron chi connectivity index (χ3n) is 11.3. The maximum Gasteiger partial charge on any atom is 0.418 e. The quantitative estimate of drug-likeness (QED) is 0.365. The molecule has 4 heterocycles. The Balaban J connectivity index is 1.13. The first-order chi connectivity index (χ1) is 23.3. The lowest BCUT2D eigenvalue weighted by molar-refractivity contribution is -0.143. The number of benzene rings is 2. The minimum atomic E-state index is -4.72. The van der Waals surface area contributed by atoms with Gasteiger partial charge in [-0.25, -0.2) is 4.79 Å². The number of rotatable bonds is 6. The summed E-state index contributed by atoms with van der Waals surface area (Å²) in [5.41, 5.74) is 6.41. The van der Waals surface area contributed by atoms with Crippen LogP contribution in [0.2, 0.25) is 5.02 Å². The maximum atomic E-state index is 14.1. The Morgan fingerprint density at radius 2 is 1.63 bits per heavy atom. The number of fused-ring (bicyclic) bond motifs is 1. The van der Waals surface area contributed by atoms with E-state index in [-0.39, 0.29) is 52.7 Å². The summed E-state index contributed by atoms with van der Waals surface area (Å²) in [4.78, 5) is 48.7. The normalized spacial score (nSPS) is 21.2. The summed E-state index contributed by atoms with van der Waals surface area (Å²) < 4.78 is 41.5. The van der Waals surface area contributed by atoms with Crippen LogP contribution in [-0.4, -0.2) is 96.3 Å². The third kappa shape index (κ3) is 7.95. The number of carbonyl (C=O) groups excluding carboxylic acids is 3. The molecule has 3 saturated heterocycles. The predicted octanol–water partition coefficient (Wildman–Crippen LogP) is 5.91. The summed E-state index contributed by atoms with van der Waals surface area (Å²) in [6, 6.07) is 9.90. The number of hydrogen-bond donors (Lipinski definition) is 2. The zero-order valence-electron chi connectivity index (χ0n) is 28.0. The van der Waals surface area contributed by atoms with E-state index in [1.807, 2.05) is 29.2 Å². The first-order valence-corrected chi connectivity index (χ1v) is 17.8. The number of halogens is 4. The summed E-state index contributed by atoms with van der Waals surface area (Å²) in [5.74, 6) is -1.29. The van der Waals surface area contributed by atoms with Crippen molar-refractivity contribution in [3.8, 4) is 0 Å². The second-order valence-corrected chi connectivity index (χ2v) is 14.8. The molecule has 9 nitrogen and oxygen atoms in total. The largest absolute Gasteiger partial charge is 0.418 e. The fraction of sp³-hybridized carbons (Fsp3) is 0.583. The molecule has 2 aromatic carbocycles. The number of nitrogens with two attached hydrogens (primary N) is 1. The average molecular weight is 703 g/mol. The van der Waals surface area contributed by atoms with Gasteiger partial charge < -0.3 is 30.7 Å². The van der Waals surface area contributed by atoms with Crippen LogP contribution in [-0.2, 0) is 28.6 Å². The lowest BCUT2D eigenvalue weighted by Crippen LogP contribution is -2.51. The van der Waals surface area contributed by atoms with Gasteiger partial charge in [-0.3, -0.25) is 9.59 Å². The number of nitrogen functional groups attached to an aromatic ring is 1. The van der Waals surface area contributed by atoms with Crippen LogP contribution in [0.5, 0.6) is 0 Å². The molecule has 0 bridgehead atoms. The van der Waals surface area contributed by atoms with Crippen LogP contribution in [0.3, 0.4) is 0 Å². The van der Waals surface area contributed by atoms with E-state index in [1.165, 1.54) is 6.07 Å². The van der Waals surface area contributed by atoms with E-state index >= 15 is 0 Å². The van der Waals surface area contributed by atoms with Crippen LogP contribution in [0.4, 0.5) is 29.3 Å². The molecule has 1 spiro atoms. The average Bonchev–Trinajstić information content (AvgIpc) is 3.25. The fourth-order valence-electron chi connectivity index (χ4n) is 8.12. The third-order valence-corrected chi connectivity index (χ3v) is 11.6. The van der Waals surface area contributed by atoms with Gasteiger partial charge in [-0.2, -0.15) is 13.2 Å². The molecule has 13 heteroatoms. The van der Waals surface area contributed by atoms with Gasteiger partial charge in [0.1, 0.15) is 0 Å². The number of piperidine rings is 3. The molecule has 4 aliphatic rings. The summed E-state index contributed by atoms with van der Waals surface area (Å²) in [7, 11) is 2.12.